The van der Waals surface area contributed by atoms with Crippen LogP contribution in [0, 0.1) is 0 Å². The van der Waals surface area contributed by atoms with E-state index in [1.807, 2.05) is 6.07 Å². The number of rotatable bonds is 8. The minimum absolute atomic E-state index is 0.0502. The van der Waals surface area contributed by atoms with Gasteiger partial charge >= 0.3 is 0 Å². The highest BCUT2D eigenvalue weighted by molar-refractivity contribution is 7.89. The molecular formula is C20H26N6O5S2. The molecule has 178 valence electrons. The van der Waals surface area contributed by atoms with Crippen LogP contribution in [0.1, 0.15) is 43.9 Å². The predicted octanol–water partition coefficient (Wildman–Crippen LogP) is 3.35. The standard InChI is InChI=1S/C20H26N6O5S2/c1-12(2)13-9-14(31-11-13)10-22-19-20(25-32(28)24-19)23-16-6-5-15(21)18(17(16)27)33(29,30)26-7-3-4-8-26/h5-6,9,11-12,27H,3-4,7-8,10,21H2,1-2H3,(H,22,24)(H,23,25). The summed E-state index contributed by atoms with van der Waals surface area (Å²) in [6, 6.07) is 4.73. The molecule has 5 N–H and O–H groups in total. The summed E-state index contributed by atoms with van der Waals surface area (Å²) in [5.41, 5.74) is 6.96. The molecule has 33 heavy (non-hydrogen) atoms. The van der Waals surface area contributed by atoms with Crippen LogP contribution in [-0.2, 0) is 16.6 Å². The third-order valence-electron chi connectivity index (χ3n) is 5.41. The number of anilines is 4. The minimum atomic E-state index is -3.97. The number of phenols is 1. The Morgan fingerprint density at radius 1 is 1.27 bits per heavy atom. The lowest BCUT2D eigenvalue weighted by atomic mass is 10.1. The van der Waals surface area contributed by atoms with Gasteiger partial charge < -0.3 is 30.4 Å². The molecule has 0 aliphatic carbocycles. The maximum atomic E-state index is 13.0. The van der Waals surface area contributed by atoms with E-state index >= 15 is 0 Å². The molecule has 2 aromatic heterocycles. The van der Waals surface area contributed by atoms with Crippen molar-refractivity contribution in [1.82, 2.24) is 13.1 Å². The molecule has 0 spiro atoms. The second-order valence-corrected chi connectivity index (χ2v) is 10.8. The van der Waals surface area contributed by atoms with Crippen LogP contribution in [0.15, 0.2) is 33.8 Å². The SMILES string of the molecule is CC(C)c1coc(CNc2n[s+]([O-])nc2Nc2ccc(N)c(S(=O)(=O)N3CCCC3)c2O)c1. The van der Waals surface area contributed by atoms with Gasteiger partial charge in [0.15, 0.2) is 16.9 Å². The molecule has 0 saturated carbocycles. The molecular weight excluding hydrogens is 468 g/mol. The lowest BCUT2D eigenvalue weighted by Crippen LogP contribution is -2.28. The highest BCUT2D eigenvalue weighted by Gasteiger charge is 2.33. The van der Waals surface area contributed by atoms with Crippen LogP contribution in [0.3, 0.4) is 0 Å². The predicted molar refractivity (Wildman–Crippen MR) is 125 cm³/mol. The van der Waals surface area contributed by atoms with Crippen molar-refractivity contribution in [1.29, 1.82) is 0 Å². The fourth-order valence-corrected chi connectivity index (χ4v) is 5.92. The molecule has 1 aliphatic heterocycles. The van der Waals surface area contributed by atoms with Crippen LogP contribution in [0.25, 0.3) is 0 Å². The monoisotopic (exact) mass is 494 g/mol. The van der Waals surface area contributed by atoms with Crippen molar-refractivity contribution in [3.05, 3.63) is 35.8 Å². The molecule has 1 aromatic carbocycles. The Morgan fingerprint density at radius 3 is 2.64 bits per heavy atom. The second-order valence-electron chi connectivity index (χ2n) is 8.08. The number of sulfonamides is 1. The molecule has 3 heterocycles. The van der Waals surface area contributed by atoms with E-state index in [0.29, 0.717) is 24.8 Å². The fraction of sp³-hybridized carbons (Fsp3) is 0.400. The van der Waals surface area contributed by atoms with E-state index < -0.39 is 26.9 Å². The first kappa shape index (κ1) is 23.3. The number of benzene rings is 1. The molecule has 1 atom stereocenters. The quantitative estimate of drug-likeness (QED) is 0.207. The Kier molecular flexibility index (Phi) is 6.47. The number of hydrogen-bond acceptors (Lipinski definition) is 10. The lowest BCUT2D eigenvalue weighted by molar-refractivity contribution is 0.446. The van der Waals surface area contributed by atoms with Gasteiger partial charge in [-0.15, -0.1) is 0 Å². The van der Waals surface area contributed by atoms with Crippen molar-refractivity contribution < 1.29 is 22.5 Å². The van der Waals surface area contributed by atoms with Crippen molar-refractivity contribution >= 4 is 44.2 Å². The highest BCUT2D eigenvalue weighted by Crippen LogP contribution is 2.40. The molecule has 4 rings (SSSR count). The summed E-state index contributed by atoms with van der Waals surface area (Å²) in [4.78, 5) is -0.364. The largest absolute Gasteiger partial charge is 0.546 e. The van der Waals surface area contributed by atoms with Crippen LogP contribution in [-0.4, -0.2) is 44.2 Å². The summed E-state index contributed by atoms with van der Waals surface area (Å²) >= 11 is -1.86. The van der Waals surface area contributed by atoms with Crippen molar-refractivity contribution in [2.45, 2.75) is 44.0 Å². The molecule has 0 amide bonds. The van der Waals surface area contributed by atoms with Crippen LogP contribution < -0.4 is 16.4 Å². The Balaban J connectivity index is 1.58. The number of hydrogen-bond donors (Lipinski definition) is 4. The molecule has 0 radical (unpaired) electrons. The van der Waals surface area contributed by atoms with Crippen LogP contribution in [0.4, 0.5) is 23.0 Å². The second kappa shape index (κ2) is 9.17. The van der Waals surface area contributed by atoms with E-state index in [4.69, 9.17) is 10.2 Å². The van der Waals surface area contributed by atoms with Crippen LogP contribution >= 0.6 is 11.1 Å². The lowest BCUT2D eigenvalue weighted by Gasteiger charge is -2.19. The van der Waals surface area contributed by atoms with Crippen molar-refractivity contribution in [2.24, 2.45) is 0 Å². The molecule has 1 fully saturated rings. The van der Waals surface area contributed by atoms with E-state index in [1.165, 1.54) is 16.4 Å². The van der Waals surface area contributed by atoms with E-state index in [-0.39, 0.29) is 34.5 Å². The van der Waals surface area contributed by atoms with Crippen molar-refractivity contribution in [3.63, 3.8) is 0 Å². The first-order chi connectivity index (χ1) is 15.7. The Morgan fingerprint density at radius 2 is 1.97 bits per heavy atom. The zero-order chi connectivity index (χ0) is 23.8. The zero-order valence-electron chi connectivity index (χ0n) is 18.2. The van der Waals surface area contributed by atoms with Crippen LogP contribution in [0.5, 0.6) is 5.75 Å². The number of aromatic hydroxyl groups is 1. The zero-order valence-corrected chi connectivity index (χ0v) is 19.9. The molecule has 1 aliphatic rings. The van der Waals surface area contributed by atoms with Gasteiger partial charge in [0, 0.05) is 21.8 Å². The molecule has 1 unspecified atom stereocenters. The van der Waals surface area contributed by atoms with Gasteiger partial charge in [0.05, 0.1) is 24.2 Å². The van der Waals surface area contributed by atoms with E-state index in [1.54, 1.807) is 6.26 Å². The summed E-state index contributed by atoms with van der Waals surface area (Å²) in [7, 11) is -3.97. The fourth-order valence-electron chi connectivity index (χ4n) is 3.57. The summed E-state index contributed by atoms with van der Waals surface area (Å²) in [6.45, 7) is 5.12. The average Bonchev–Trinajstić information content (AvgIpc) is 3.49. The van der Waals surface area contributed by atoms with Crippen molar-refractivity contribution in [2.75, 3.05) is 29.5 Å². The maximum absolute atomic E-state index is 13.0. The van der Waals surface area contributed by atoms with E-state index in [2.05, 4.69) is 33.2 Å². The average molecular weight is 495 g/mol. The molecule has 11 nitrogen and oxygen atoms in total. The first-order valence-electron chi connectivity index (χ1n) is 10.5. The number of nitrogens with two attached hydrogens (primary N) is 1. The minimum Gasteiger partial charge on any atom is -0.546 e. The Hall–Kier alpha value is -2.87. The maximum Gasteiger partial charge on any atom is 0.248 e. The molecule has 13 heteroatoms. The van der Waals surface area contributed by atoms with Gasteiger partial charge in [0.2, 0.25) is 21.7 Å². The van der Waals surface area contributed by atoms with Gasteiger partial charge in [-0.25, -0.2) is 8.42 Å². The number of nitrogen functional groups attached to an aromatic ring is 1. The number of furan rings is 1. The Bertz CT molecular complexity index is 1250. The van der Waals surface area contributed by atoms with Gasteiger partial charge in [-0.3, -0.25) is 0 Å². The number of phenolic OH excluding ortho intramolecular Hbond substituents is 1. The van der Waals surface area contributed by atoms with Crippen LogP contribution in [0.2, 0.25) is 0 Å². The third kappa shape index (κ3) is 4.76. The van der Waals surface area contributed by atoms with E-state index in [0.717, 1.165) is 18.4 Å². The van der Waals surface area contributed by atoms with Crippen molar-refractivity contribution in [3.8, 4) is 5.75 Å². The smallest absolute Gasteiger partial charge is 0.248 e. The molecule has 1 saturated heterocycles. The topological polar surface area (TPSA) is 170 Å². The van der Waals surface area contributed by atoms with E-state index in [9.17, 15) is 18.1 Å². The van der Waals surface area contributed by atoms with Gasteiger partial charge in [-0.05, 0) is 42.5 Å². The molecule has 0 bridgehead atoms. The Labute approximate surface area is 194 Å². The summed E-state index contributed by atoms with van der Waals surface area (Å²) in [5.74, 6) is 0.726. The highest BCUT2D eigenvalue weighted by atomic mass is 32.2. The van der Waals surface area contributed by atoms with Gasteiger partial charge in [-0.1, -0.05) is 13.8 Å². The summed E-state index contributed by atoms with van der Waals surface area (Å²) < 4.78 is 52.7. The summed E-state index contributed by atoms with van der Waals surface area (Å²) in [6.07, 6.45) is 3.18. The number of nitrogens with zero attached hydrogens (tertiary/aromatic N) is 3. The normalized spacial score (nSPS) is 15.3. The third-order valence-corrected chi connectivity index (χ3v) is 8.08. The molecule has 3 aromatic rings. The van der Waals surface area contributed by atoms with Gasteiger partial charge in [0.25, 0.3) is 0 Å². The van der Waals surface area contributed by atoms with Gasteiger partial charge in [0.1, 0.15) is 10.7 Å². The number of nitrogens with one attached hydrogen (secondary N) is 2. The summed E-state index contributed by atoms with van der Waals surface area (Å²) in [5, 5.41) is 16.6. The number of aromatic nitrogens is 2. The first-order valence-corrected chi connectivity index (χ1v) is 13.0. The van der Waals surface area contributed by atoms with Gasteiger partial charge in [-0.2, -0.15) is 4.31 Å².